The van der Waals surface area contributed by atoms with E-state index in [0.29, 0.717) is 31.7 Å². The first-order chi connectivity index (χ1) is 12.2. The fourth-order valence-electron chi connectivity index (χ4n) is 3.25. The smallest absolute Gasteiger partial charge is 0.323 e. The molecule has 0 unspecified atom stereocenters. The summed E-state index contributed by atoms with van der Waals surface area (Å²) in [6.07, 6.45) is 4.33. The minimum atomic E-state index is -0.927. The van der Waals surface area contributed by atoms with Crippen molar-refractivity contribution in [3.63, 3.8) is 0 Å². The Bertz CT molecular complexity index is 885. The van der Waals surface area contributed by atoms with E-state index < -0.39 is 5.60 Å². The average molecular weight is 337 g/mol. The van der Waals surface area contributed by atoms with E-state index in [1.165, 1.54) is 0 Å². The van der Waals surface area contributed by atoms with E-state index in [1.54, 1.807) is 17.3 Å². The van der Waals surface area contributed by atoms with Crippen LogP contribution in [-0.2, 0) is 5.60 Å². The average Bonchev–Trinajstić information content (AvgIpc) is 3.06. The molecule has 128 valence electrons. The van der Waals surface area contributed by atoms with Gasteiger partial charge in [-0.1, -0.05) is 18.2 Å². The first kappa shape index (κ1) is 15.6. The van der Waals surface area contributed by atoms with Crippen LogP contribution in [0.2, 0.25) is 0 Å². The van der Waals surface area contributed by atoms with Crippen LogP contribution in [-0.4, -0.2) is 44.3 Å². The fraction of sp³-hybridized carbons (Fsp3) is 0.278. The monoisotopic (exact) mass is 337 g/mol. The number of aromatic amines is 1. The molecule has 3 N–H and O–H groups in total. The molecule has 0 saturated carbocycles. The van der Waals surface area contributed by atoms with Gasteiger partial charge in [-0.25, -0.2) is 4.79 Å². The molecule has 25 heavy (non-hydrogen) atoms. The molecule has 3 aromatic rings. The Morgan fingerprint density at radius 2 is 2.00 bits per heavy atom. The third-order valence-electron chi connectivity index (χ3n) is 4.77. The number of H-pyrrole nitrogens is 1. The lowest BCUT2D eigenvalue weighted by Gasteiger charge is -2.38. The predicted molar refractivity (Wildman–Crippen MR) is 94.1 cm³/mol. The summed E-state index contributed by atoms with van der Waals surface area (Å²) >= 11 is 0. The van der Waals surface area contributed by atoms with Crippen LogP contribution in [0.1, 0.15) is 18.4 Å². The molecule has 1 aliphatic rings. The summed E-state index contributed by atoms with van der Waals surface area (Å²) in [4.78, 5) is 18.3. The number of aliphatic hydroxyl groups is 1. The number of fused-ring (bicyclic) bond motifs is 1. The van der Waals surface area contributed by atoms with Gasteiger partial charge in [0, 0.05) is 36.4 Å². The first-order valence-electron chi connectivity index (χ1n) is 8.28. The molecule has 2 amide bonds. The number of anilines is 1. The van der Waals surface area contributed by atoms with E-state index in [9.17, 15) is 9.90 Å². The van der Waals surface area contributed by atoms with Crippen molar-refractivity contribution in [3.05, 3.63) is 54.4 Å². The number of carbonyl (C=O) groups excluding carboxylic acids is 1. The summed E-state index contributed by atoms with van der Waals surface area (Å²) in [5.74, 6) is 0.522. The van der Waals surface area contributed by atoms with Crippen LogP contribution in [0, 0.1) is 0 Å². The zero-order valence-corrected chi connectivity index (χ0v) is 13.6. The third-order valence-corrected chi connectivity index (χ3v) is 4.77. The van der Waals surface area contributed by atoms with Crippen LogP contribution in [0.4, 0.5) is 10.6 Å². The minimum Gasteiger partial charge on any atom is -0.385 e. The van der Waals surface area contributed by atoms with Gasteiger partial charge >= 0.3 is 6.03 Å². The number of hydrogen-bond acceptors (Lipinski definition) is 4. The maximum atomic E-state index is 12.5. The number of rotatable bonds is 2. The Morgan fingerprint density at radius 3 is 2.76 bits per heavy atom. The molecule has 7 nitrogen and oxygen atoms in total. The topological polar surface area (TPSA) is 94.1 Å². The second-order valence-electron chi connectivity index (χ2n) is 6.31. The van der Waals surface area contributed by atoms with Gasteiger partial charge in [0.1, 0.15) is 0 Å². The molecular formula is C18H19N5O2. The van der Waals surface area contributed by atoms with E-state index >= 15 is 0 Å². The number of likely N-dealkylation sites (tertiary alicyclic amines) is 1. The number of nitrogens with zero attached hydrogens (tertiary/aromatic N) is 3. The summed E-state index contributed by atoms with van der Waals surface area (Å²) in [7, 11) is 0. The van der Waals surface area contributed by atoms with Crippen molar-refractivity contribution in [3.8, 4) is 0 Å². The summed E-state index contributed by atoms with van der Waals surface area (Å²) in [5, 5.41) is 21.6. The first-order valence-corrected chi connectivity index (χ1v) is 8.28. The number of pyridine rings is 1. The van der Waals surface area contributed by atoms with Gasteiger partial charge in [-0.3, -0.25) is 15.4 Å². The summed E-state index contributed by atoms with van der Waals surface area (Å²) in [6.45, 7) is 0.944. The van der Waals surface area contributed by atoms with Crippen molar-refractivity contribution >= 4 is 22.8 Å². The predicted octanol–water partition coefficient (Wildman–Crippen LogP) is 2.47. The minimum absolute atomic E-state index is 0.203. The maximum absolute atomic E-state index is 12.5. The lowest BCUT2D eigenvalue weighted by molar-refractivity contribution is -0.0159. The lowest BCUT2D eigenvalue weighted by atomic mass is 9.85. The van der Waals surface area contributed by atoms with Crippen LogP contribution in [0.3, 0.4) is 0 Å². The summed E-state index contributed by atoms with van der Waals surface area (Å²) < 4.78 is 0. The normalized spacial score (nSPS) is 16.8. The van der Waals surface area contributed by atoms with Crippen molar-refractivity contribution in [1.82, 2.24) is 20.1 Å². The highest BCUT2D eigenvalue weighted by Gasteiger charge is 2.35. The second kappa shape index (κ2) is 6.18. The van der Waals surface area contributed by atoms with E-state index in [4.69, 9.17) is 0 Å². The lowest BCUT2D eigenvalue weighted by Crippen LogP contribution is -2.46. The maximum Gasteiger partial charge on any atom is 0.323 e. The SMILES string of the molecule is O=C(Nc1n[nH]c2ccccc12)N1CCC(O)(c2cccnc2)CC1. The molecule has 3 heterocycles. The highest BCUT2D eigenvalue weighted by Crippen LogP contribution is 2.32. The molecule has 1 saturated heterocycles. The molecule has 0 radical (unpaired) electrons. The molecule has 0 spiro atoms. The molecule has 4 rings (SSSR count). The molecule has 7 heteroatoms. The highest BCUT2D eigenvalue weighted by atomic mass is 16.3. The van der Waals surface area contributed by atoms with Crippen molar-refractivity contribution in [2.45, 2.75) is 18.4 Å². The fourth-order valence-corrected chi connectivity index (χ4v) is 3.25. The number of amides is 2. The number of carbonyl (C=O) groups is 1. The Hall–Kier alpha value is -2.93. The van der Waals surface area contributed by atoms with E-state index in [-0.39, 0.29) is 6.03 Å². The molecule has 1 aliphatic heterocycles. The van der Waals surface area contributed by atoms with Gasteiger partial charge in [-0.2, -0.15) is 5.10 Å². The molecule has 2 aromatic heterocycles. The van der Waals surface area contributed by atoms with Gasteiger partial charge in [0.05, 0.1) is 11.1 Å². The third kappa shape index (κ3) is 2.94. The Balaban J connectivity index is 1.43. The van der Waals surface area contributed by atoms with Gasteiger partial charge < -0.3 is 10.0 Å². The molecule has 1 aromatic carbocycles. The summed E-state index contributed by atoms with van der Waals surface area (Å²) in [6, 6.07) is 11.1. The van der Waals surface area contributed by atoms with Crippen molar-refractivity contribution in [1.29, 1.82) is 0 Å². The zero-order valence-electron chi connectivity index (χ0n) is 13.6. The Morgan fingerprint density at radius 1 is 1.20 bits per heavy atom. The molecule has 1 fully saturated rings. The van der Waals surface area contributed by atoms with Gasteiger partial charge in [-0.05, 0) is 31.0 Å². The van der Waals surface area contributed by atoms with Gasteiger partial charge in [0.15, 0.2) is 5.82 Å². The molecule has 0 bridgehead atoms. The van der Waals surface area contributed by atoms with Gasteiger partial charge in [-0.15, -0.1) is 0 Å². The van der Waals surface area contributed by atoms with Gasteiger partial charge in [0.2, 0.25) is 0 Å². The largest absolute Gasteiger partial charge is 0.385 e. The second-order valence-corrected chi connectivity index (χ2v) is 6.31. The Labute approximate surface area is 144 Å². The highest BCUT2D eigenvalue weighted by molar-refractivity contribution is 5.98. The molecule has 0 atom stereocenters. The van der Waals surface area contributed by atoms with E-state index in [2.05, 4.69) is 20.5 Å². The van der Waals surface area contributed by atoms with Crippen LogP contribution in [0.5, 0.6) is 0 Å². The molecule has 0 aliphatic carbocycles. The quantitative estimate of drug-likeness (QED) is 0.669. The van der Waals surface area contributed by atoms with E-state index in [1.807, 2.05) is 36.4 Å². The van der Waals surface area contributed by atoms with Crippen LogP contribution in [0.25, 0.3) is 10.9 Å². The number of benzene rings is 1. The number of piperidine rings is 1. The van der Waals surface area contributed by atoms with Gasteiger partial charge in [0.25, 0.3) is 0 Å². The number of para-hydroxylation sites is 1. The number of aromatic nitrogens is 3. The number of urea groups is 1. The van der Waals surface area contributed by atoms with Crippen LogP contribution in [0.15, 0.2) is 48.8 Å². The van der Waals surface area contributed by atoms with Crippen LogP contribution < -0.4 is 5.32 Å². The van der Waals surface area contributed by atoms with Crippen molar-refractivity contribution in [2.75, 3.05) is 18.4 Å². The van der Waals surface area contributed by atoms with E-state index in [0.717, 1.165) is 16.5 Å². The zero-order chi connectivity index (χ0) is 17.3. The Kier molecular flexibility index (Phi) is 3.85. The standard InChI is InChI=1S/C18H19N5O2/c24-17(20-16-14-5-1-2-6-15(14)21-22-16)23-10-7-18(25,8-11-23)13-4-3-9-19-12-13/h1-6,9,12,25H,7-8,10-11H2,(H2,20,21,22,24). The van der Waals surface area contributed by atoms with Crippen LogP contribution >= 0.6 is 0 Å². The van der Waals surface area contributed by atoms with Crippen molar-refractivity contribution in [2.24, 2.45) is 0 Å². The number of nitrogens with one attached hydrogen (secondary N) is 2. The summed E-state index contributed by atoms with van der Waals surface area (Å²) in [5.41, 5.74) is 0.750. The molecular weight excluding hydrogens is 318 g/mol. The number of hydrogen-bond donors (Lipinski definition) is 3. The van der Waals surface area contributed by atoms with Crippen molar-refractivity contribution < 1.29 is 9.90 Å².